The molecule has 3 rings (SSSR count). The number of carbonyl (C=O) groups is 3. The molecule has 0 aliphatic carbocycles. The highest BCUT2D eigenvalue weighted by atomic mass is 16.4. The van der Waals surface area contributed by atoms with Crippen LogP contribution in [0, 0.1) is 0 Å². The van der Waals surface area contributed by atoms with Crippen LogP contribution in [-0.4, -0.2) is 40.4 Å². The molecule has 3 aromatic rings. The monoisotopic (exact) mass is 409 g/mol. The molecule has 1 aromatic carbocycles. The number of rotatable bonds is 7. The normalized spacial score (nSPS) is 11.6. The third kappa shape index (κ3) is 4.75. The number of hydrogen-bond acceptors (Lipinski definition) is 5. The van der Waals surface area contributed by atoms with Crippen LogP contribution in [0.5, 0.6) is 0 Å². The Morgan fingerprint density at radius 2 is 1.97 bits per heavy atom. The molecule has 2 aromatic heterocycles. The molecular formula is C21H23N5O4. The molecular weight excluding hydrogens is 386 g/mol. The Hall–Kier alpha value is -3.88. The number of aryl methyl sites for hydroxylation is 1. The number of furan rings is 1. The maximum atomic E-state index is 12.3. The van der Waals surface area contributed by atoms with Gasteiger partial charge in [0.2, 0.25) is 5.91 Å². The summed E-state index contributed by atoms with van der Waals surface area (Å²) < 4.78 is 7.30. The Balaban J connectivity index is 1.66. The number of imidazole rings is 1. The highest BCUT2D eigenvalue weighted by molar-refractivity contribution is 5.95. The van der Waals surface area contributed by atoms with Crippen molar-refractivity contribution in [1.82, 2.24) is 25.5 Å². The van der Waals surface area contributed by atoms with E-state index < -0.39 is 11.9 Å². The average Bonchev–Trinajstić information content (AvgIpc) is 3.41. The van der Waals surface area contributed by atoms with E-state index in [4.69, 9.17) is 4.42 Å². The van der Waals surface area contributed by atoms with Crippen LogP contribution in [0.2, 0.25) is 0 Å². The molecule has 0 radical (unpaired) electrons. The number of hydrogen-bond donors (Lipinski definition) is 3. The Kier molecular flexibility index (Phi) is 6.31. The molecule has 0 aliphatic heterocycles. The van der Waals surface area contributed by atoms with Crippen LogP contribution in [0.3, 0.4) is 0 Å². The molecule has 0 fully saturated rings. The van der Waals surface area contributed by atoms with E-state index in [0.29, 0.717) is 18.0 Å². The molecule has 9 heteroatoms. The van der Waals surface area contributed by atoms with E-state index in [-0.39, 0.29) is 17.6 Å². The molecule has 2 heterocycles. The Bertz CT molecular complexity index is 1070. The fourth-order valence-corrected chi connectivity index (χ4v) is 2.85. The van der Waals surface area contributed by atoms with E-state index in [9.17, 15) is 14.4 Å². The van der Waals surface area contributed by atoms with Crippen molar-refractivity contribution in [3.63, 3.8) is 0 Å². The first-order valence-corrected chi connectivity index (χ1v) is 9.35. The van der Waals surface area contributed by atoms with Gasteiger partial charge in [0.25, 0.3) is 11.8 Å². The van der Waals surface area contributed by atoms with Crippen molar-refractivity contribution in [3.8, 4) is 11.3 Å². The van der Waals surface area contributed by atoms with Crippen LogP contribution in [0.1, 0.15) is 33.5 Å². The van der Waals surface area contributed by atoms with Crippen molar-refractivity contribution in [2.45, 2.75) is 19.5 Å². The summed E-state index contributed by atoms with van der Waals surface area (Å²) in [6.45, 7) is 1.92. The second-order valence-electron chi connectivity index (χ2n) is 6.75. The van der Waals surface area contributed by atoms with E-state index in [1.165, 1.54) is 13.2 Å². The Morgan fingerprint density at radius 1 is 1.17 bits per heavy atom. The van der Waals surface area contributed by atoms with Gasteiger partial charge >= 0.3 is 0 Å². The highest BCUT2D eigenvalue weighted by Gasteiger charge is 2.18. The molecule has 1 unspecified atom stereocenters. The van der Waals surface area contributed by atoms with Crippen molar-refractivity contribution in [2.75, 3.05) is 7.05 Å². The fourth-order valence-electron chi connectivity index (χ4n) is 2.85. The first kappa shape index (κ1) is 20.8. The number of likely N-dealkylation sites (N-methyl/N-ethyl adjacent to an activating group) is 1. The van der Waals surface area contributed by atoms with E-state index in [1.54, 1.807) is 37.0 Å². The molecule has 3 amide bonds. The van der Waals surface area contributed by atoms with E-state index in [0.717, 1.165) is 11.1 Å². The zero-order chi connectivity index (χ0) is 21.7. The minimum atomic E-state index is -0.678. The van der Waals surface area contributed by atoms with E-state index >= 15 is 0 Å². The zero-order valence-corrected chi connectivity index (χ0v) is 16.9. The van der Waals surface area contributed by atoms with Gasteiger partial charge in [0.15, 0.2) is 5.76 Å². The van der Waals surface area contributed by atoms with Crippen molar-refractivity contribution in [2.24, 2.45) is 7.05 Å². The van der Waals surface area contributed by atoms with Gasteiger partial charge < -0.3 is 24.9 Å². The predicted octanol–water partition coefficient (Wildman–Crippen LogP) is 1.47. The van der Waals surface area contributed by atoms with Gasteiger partial charge in [0, 0.05) is 26.2 Å². The Labute approximate surface area is 173 Å². The predicted molar refractivity (Wildman–Crippen MR) is 110 cm³/mol. The SMILES string of the molecule is CNC(=O)C(C)NC(=O)c1ccc(-c2cccc(CNC(=O)c3cncn3C)c2)o1. The van der Waals surface area contributed by atoms with Crippen molar-refractivity contribution >= 4 is 17.7 Å². The zero-order valence-electron chi connectivity index (χ0n) is 16.9. The maximum absolute atomic E-state index is 12.3. The van der Waals surface area contributed by atoms with Gasteiger partial charge in [-0.3, -0.25) is 14.4 Å². The largest absolute Gasteiger partial charge is 0.451 e. The number of nitrogens with zero attached hydrogens (tertiary/aromatic N) is 2. The third-order valence-corrected chi connectivity index (χ3v) is 4.53. The van der Waals surface area contributed by atoms with Crippen molar-refractivity contribution in [1.29, 1.82) is 0 Å². The second-order valence-corrected chi connectivity index (χ2v) is 6.75. The van der Waals surface area contributed by atoms with Crippen LogP contribution in [-0.2, 0) is 18.4 Å². The molecule has 0 bridgehead atoms. The highest BCUT2D eigenvalue weighted by Crippen LogP contribution is 2.23. The van der Waals surface area contributed by atoms with Gasteiger partial charge in [-0.05, 0) is 30.7 Å². The van der Waals surface area contributed by atoms with E-state index in [2.05, 4.69) is 20.9 Å². The van der Waals surface area contributed by atoms with Crippen molar-refractivity contribution in [3.05, 3.63) is 65.9 Å². The lowest BCUT2D eigenvalue weighted by molar-refractivity contribution is -0.122. The third-order valence-electron chi connectivity index (χ3n) is 4.53. The molecule has 3 N–H and O–H groups in total. The summed E-state index contributed by atoms with van der Waals surface area (Å²) in [7, 11) is 3.25. The molecule has 30 heavy (non-hydrogen) atoms. The van der Waals surface area contributed by atoms with Gasteiger partial charge in [-0.2, -0.15) is 0 Å². The molecule has 9 nitrogen and oxygen atoms in total. The quantitative estimate of drug-likeness (QED) is 0.546. The molecule has 0 saturated heterocycles. The Morgan fingerprint density at radius 3 is 2.67 bits per heavy atom. The number of amides is 3. The topological polar surface area (TPSA) is 118 Å². The lowest BCUT2D eigenvalue weighted by atomic mass is 10.1. The average molecular weight is 409 g/mol. The van der Waals surface area contributed by atoms with Crippen LogP contribution in [0.15, 0.2) is 53.3 Å². The standard InChI is InChI=1S/C21H23N5O4/c1-13(19(27)22-2)25-21(29)18-8-7-17(30-18)15-6-4-5-14(9-15)10-24-20(28)16-11-23-12-26(16)3/h4-9,11-13H,10H2,1-3H3,(H,22,27)(H,24,28)(H,25,29). The summed E-state index contributed by atoms with van der Waals surface area (Å²) >= 11 is 0. The molecule has 0 spiro atoms. The van der Waals surface area contributed by atoms with Gasteiger partial charge in [-0.25, -0.2) is 4.98 Å². The summed E-state index contributed by atoms with van der Waals surface area (Å²) in [5, 5.41) is 7.90. The summed E-state index contributed by atoms with van der Waals surface area (Å²) in [6.07, 6.45) is 3.07. The lowest BCUT2D eigenvalue weighted by Gasteiger charge is -2.10. The summed E-state index contributed by atoms with van der Waals surface area (Å²) in [5.74, 6) is -0.376. The van der Waals surface area contributed by atoms with Crippen LogP contribution in [0.4, 0.5) is 0 Å². The van der Waals surface area contributed by atoms with Crippen LogP contribution < -0.4 is 16.0 Å². The molecule has 0 aliphatic rings. The lowest BCUT2D eigenvalue weighted by Crippen LogP contribution is -2.43. The summed E-state index contributed by atoms with van der Waals surface area (Å²) in [5.41, 5.74) is 2.11. The summed E-state index contributed by atoms with van der Waals surface area (Å²) in [4.78, 5) is 40.0. The van der Waals surface area contributed by atoms with Gasteiger partial charge in [0.05, 0.1) is 12.5 Å². The molecule has 1 atom stereocenters. The van der Waals surface area contributed by atoms with Gasteiger partial charge in [-0.15, -0.1) is 0 Å². The first-order chi connectivity index (χ1) is 14.4. The maximum Gasteiger partial charge on any atom is 0.287 e. The number of nitrogens with one attached hydrogen (secondary N) is 3. The number of carbonyl (C=O) groups excluding carboxylic acids is 3. The minimum Gasteiger partial charge on any atom is -0.451 e. The molecule has 0 saturated carbocycles. The number of benzene rings is 1. The van der Waals surface area contributed by atoms with E-state index in [1.807, 2.05) is 24.3 Å². The second kappa shape index (κ2) is 9.08. The molecule has 156 valence electrons. The van der Waals surface area contributed by atoms with Crippen LogP contribution >= 0.6 is 0 Å². The minimum absolute atomic E-state index is 0.107. The van der Waals surface area contributed by atoms with Gasteiger partial charge in [0.1, 0.15) is 17.5 Å². The van der Waals surface area contributed by atoms with Crippen molar-refractivity contribution < 1.29 is 18.8 Å². The van der Waals surface area contributed by atoms with Crippen LogP contribution in [0.25, 0.3) is 11.3 Å². The summed E-state index contributed by atoms with van der Waals surface area (Å²) in [6, 6.07) is 10.0. The fraction of sp³-hybridized carbons (Fsp3) is 0.238. The number of aromatic nitrogens is 2. The smallest absolute Gasteiger partial charge is 0.287 e. The first-order valence-electron chi connectivity index (χ1n) is 9.35. The van der Waals surface area contributed by atoms with Gasteiger partial charge in [-0.1, -0.05) is 18.2 Å².